The molecule has 0 aliphatic rings. The minimum absolute atomic E-state index is 0.204. The van der Waals surface area contributed by atoms with Crippen LogP contribution in [0.3, 0.4) is 0 Å². The van der Waals surface area contributed by atoms with Gasteiger partial charge in [-0.25, -0.2) is 0 Å². The molecule has 2 heterocycles. The summed E-state index contributed by atoms with van der Waals surface area (Å²) in [6, 6.07) is 28.4. The average molecular weight is 439 g/mol. The van der Waals surface area contributed by atoms with Gasteiger partial charge in [0.05, 0.1) is 11.0 Å². The molecule has 156 valence electrons. The number of fused-ring (bicyclic) bond motifs is 6. The highest BCUT2D eigenvalue weighted by atomic mass is 31.1. The number of benzene rings is 4. The van der Waals surface area contributed by atoms with Gasteiger partial charge in [-0.15, -0.1) is 9.05 Å². The zero-order valence-corrected chi connectivity index (χ0v) is 18.1. The summed E-state index contributed by atoms with van der Waals surface area (Å²) in [4.78, 5) is 6.88. The van der Waals surface area contributed by atoms with Crippen molar-refractivity contribution in [3.63, 3.8) is 0 Å². The van der Waals surface area contributed by atoms with E-state index in [1.807, 2.05) is 60.7 Å². The minimum Gasteiger partial charge on any atom is -0.354 e. The molecular weight excluding hydrogens is 419 g/mol. The Labute approximate surface area is 184 Å². The maximum absolute atomic E-state index is 12.5. The smallest absolute Gasteiger partial charge is 0.354 e. The Balaban J connectivity index is 1.19. The summed E-state index contributed by atoms with van der Waals surface area (Å²) < 4.78 is 23.7. The van der Waals surface area contributed by atoms with E-state index in [1.165, 1.54) is 0 Å². The number of aromatic amines is 2. The molecule has 2 aromatic heterocycles. The molecule has 6 aromatic rings. The summed E-state index contributed by atoms with van der Waals surface area (Å²) in [5, 5.41) is 4.58. The van der Waals surface area contributed by atoms with E-state index in [1.54, 1.807) is 0 Å². The Kier molecular flexibility index (Phi) is 4.73. The third-order valence-electron chi connectivity index (χ3n) is 5.91. The molecule has 0 aliphatic heterocycles. The molecule has 4 aromatic carbocycles. The standard InChI is InChI=1S/C26H20N2O3P/c29-32(30-15-17-7-5-11-21-19-9-1-3-13-23(19)27-25(17)21)31-16-18-8-6-12-22-20-10-2-4-14-24(20)28-26(18)22/h1-14,27-28H,15-16H2/q+1. The first-order valence-corrected chi connectivity index (χ1v) is 11.6. The topological polar surface area (TPSA) is 67.1 Å². The van der Waals surface area contributed by atoms with Crippen molar-refractivity contribution in [2.75, 3.05) is 0 Å². The summed E-state index contributed by atoms with van der Waals surface area (Å²) >= 11 is 0. The summed E-state index contributed by atoms with van der Waals surface area (Å²) in [5.41, 5.74) is 6.04. The monoisotopic (exact) mass is 439 g/mol. The number of hydrogen-bond acceptors (Lipinski definition) is 3. The highest BCUT2D eigenvalue weighted by molar-refractivity contribution is 7.33. The Hall–Kier alpha value is -3.50. The summed E-state index contributed by atoms with van der Waals surface area (Å²) in [5.74, 6) is 0. The molecule has 6 rings (SSSR count). The SMILES string of the molecule is O=[P+](OCc1cccc2c1[nH]c1ccccc12)OCc1cccc2c1[nH]c1ccccc12. The molecule has 0 spiro atoms. The molecule has 0 bridgehead atoms. The fraction of sp³-hybridized carbons (Fsp3) is 0.0769. The molecular formula is C26H20N2O3P+. The number of aromatic nitrogens is 2. The normalized spacial score (nSPS) is 11.8. The first-order chi connectivity index (χ1) is 15.8. The van der Waals surface area contributed by atoms with Crippen molar-refractivity contribution in [2.45, 2.75) is 13.2 Å². The second-order valence-electron chi connectivity index (χ2n) is 7.79. The van der Waals surface area contributed by atoms with E-state index in [0.717, 1.165) is 54.7 Å². The lowest BCUT2D eigenvalue weighted by Gasteiger charge is -2.00. The van der Waals surface area contributed by atoms with E-state index in [9.17, 15) is 4.57 Å². The van der Waals surface area contributed by atoms with Crippen LogP contribution in [0.1, 0.15) is 11.1 Å². The Bertz CT molecular complexity index is 1500. The summed E-state index contributed by atoms with van der Waals surface area (Å²) in [6.45, 7) is 0.409. The van der Waals surface area contributed by atoms with E-state index in [0.29, 0.717) is 0 Å². The highest BCUT2D eigenvalue weighted by Gasteiger charge is 2.22. The largest absolute Gasteiger partial charge is 0.698 e. The van der Waals surface area contributed by atoms with Gasteiger partial charge in [-0.2, -0.15) is 0 Å². The molecule has 0 amide bonds. The van der Waals surface area contributed by atoms with Crippen molar-refractivity contribution in [3.05, 3.63) is 96.1 Å². The van der Waals surface area contributed by atoms with E-state index in [4.69, 9.17) is 9.05 Å². The molecule has 0 fully saturated rings. The van der Waals surface area contributed by atoms with Crippen LogP contribution in [0, 0.1) is 0 Å². The number of rotatable bonds is 6. The molecule has 0 atom stereocenters. The Morgan fingerprint density at radius 3 is 1.50 bits per heavy atom. The van der Waals surface area contributed by atoms with Crippen LogP contribution in [-0.4, -0.2) is 9.97 Å². The Morgan fingerprint density at radius 2 is 1.00 bits per heavy atom. The van der Waals surface area contributed by atoms with Gasteiger partial charge in [-0.3, -0.25) is 0 Å². The molecule has 0 unspecified atom stereocenters. The zero-order valence-electron chi connectivity index (χ0n) is 17.2. The van der Waals surface area contributed by atoms with Gasteiger partial charge in [-0.05, 0) is 12.1 Å². The first-order valence-electron chi connectivity index (χ1n) is 10.5. The second kappa shape index (κ2) is 7.88. The lowest BCUT2D eigenvalue weighted by molar-refractivity contribution is 0.214. The van der Waals surface area contributed by atoms with E-state index in [-0.39, 0.29) is 13.2 Å². The average Bonchev–Trinajstić information content (AvgIpc) is 3.40. The molecule has 0 saturated heterocycles. The third kappa shape index (κ3) is 3.28. The highest BCUT2D eigenvalue weighted by Crippen LogP contribution is 2.33. The van der Waals surface area contributed by atoms with Gasteiger partial charge in [-0.1, -0.05) is 72.8 Å². The third-order valence-corrected chi connectivity index (χ3v) is 6.59. The quantitative estimate of drug-likeness (QED) is 0.267. The number of H-pyrrole nitrogens is 2. The van der Waals surface area contributed by atoms with Crippen LogP contribution in [0.4, 0.5) is 0 Å². The second-order valence-corrected chi connectivity index (χ2v) is 8.75. The van der Waals surface area contributed by atoms with Crippen LogP contribution in [0.25, 0.3) is 43.6 Å². The van der Waals surface area contributed by atoms with Crippen LogP contribution in [0.2, 0.25) is 0 Å². The number of para-hydroxylation sites is 4. The maximum atomic E-state index is 12.5. The van der Waals surface area contributed by atoms with Gasteiger partial charge in [0, 0.05) is 48.3 Å². The maximum Gasteiger partial charge on any atom is 0.698 e. The van der Waals surface area contributed by atoms with Crippen molar-refractivity contribution in [3.8, 4) is 0 Å². The van der Waals surface area contributed by atoms with Crippen molar-refractivity contribution in [2.24, 2.45) is 0 Å². The van der Waals surface area contributed by atoms with E-state index >= 15 is 0 Å². The number of hydrogen-bond donors (Lipinski definition) is 2. The lowest BCUT2D eigenvalue weighted by atomic mass is 10.1. The minimum atomic E-state index is -2.26. The fourth-order valence-electron chi connectivity index (χ4n) is 4.39. The first kappa shape index (κ1) is 19.2. The van der Waals surface area contributed by atoms with Crippen molar-refractivity contribution < 1.29 is 13.6 Å². The molecule has 0 saturated carbocycles. The summed E-state index contributed by atoms with van der Waals surface area (Å²) in [6.07, 6.45) is 0. The van der Waals surface area contributed by atoms with E-state index in [2.05, 4.69) is 34.2 Å². The van der Waals surface area contributed by atoms with Crippen LogP contribution in [-0.2, 0) is 26.8 Å². The molecule has 6 heteroatoms. The van der Waals surface area contributed by atoms with Crippen molar-refractivity contribution in [1.29, 1.82) is 0 Å². The Morgan fingerprint density at radius 1 is 0.562 bits per heavy atom. The van der Waals surface area contributed by atoms with Gasteiger partial charge in [0.1, 0.15) is 13.2 Å². The van der Waals surface area contributed by atoms with Crippen LogP contribution >= 0.6 is 8.25 Å². The van der Waals surface area contributed by atoms with Gasteiger partial charge >= 0.3 is 8.25 Å². The van der Waals surface area contributed by atoms with Gasteiger partial charge in [0.25, 0.3) is 0 Å². The number of nitrogens with one attached hydrogen (secondary N) is 2. The molecule has 5 nitrogen and oxygen atoms in total. The van der Waals surface area contributed by atoms with Crippen LogP contribution in [0.5, 0.6) is 0 Å². The summed E-state index contributed by atoms with van der Waals surface area (Å²) in [7, 11) is -2.26. The lowest BCUT2D eigenvalue weighted by Crippen LogP contribution is -1.92. The molecule has 32 heavy (non-hydrogen) atoms. The van der Waals surface area contributed by atoms with Gasteiger partial charge in [0.2, 0.25) is 0 Å². The van der Waals surface area contributed by atoms with Crippen LogP contribution in [0.15, 0.2) is 84.9 Å². The van der Waals surface area contributed by atoms with Crippen molar-refractivity contribution in [1.82, 2.24) is 9.97 Å². The van der Waals surface area contributed by atoms with E-state index < -0.39 is 8.25 Å². The predicted molar refractivity (Wildman–Crippen MR) is 129 cm³/mol. The predicted octanol–water partition coefficient (Wildman–Crippen LogP) is 7.35. The van der Waals surface area contributed by atoms with Crippen molar-refractivity contribution >= 4 is 51.9 Å². The zero-order chi connectivity index (χ0) is 21.5. The van der Waals surface area contributed by atoms with Crippen LogP contribution < -0.4 is 0 Å². The molecule has 2 N–H and O–H groups in total. The molecule has 0 aliphatic carbocycles. The fourth-order valence-corrected chi connectivity index (χ4v) is 4.95. The molecule has 0 radical (unpaired) electrons. The van der Waals surface area contributed by atoms with Gasteiger partial charge in [0.15, 0.2) is 0 Å². The van der Waals surface area contributed by atoms with Gasteiger partial charge < -0.3 is 9.97 Å².